The number of nitrogens with zero attached hydrogens (tertiary/aromatic N) is 1. The Morgan fingerprint density at radius 3 is 2.44 bits per heavy atom. The number of nitrogens with one attached hydrogen (secondary N) is 1. The maximum absolute atomic E-state index is 12.3. The van der Waals surface area contributed by atoms with Crippen molar-refractivity contribution in [2.24, 2.45) is 0 Å². The zero-order valence-corrected chi connectivity index (χ0v) is 16.0. The van der Waals surface area contributed by atoms with E-state index in [-0.39, 0.29) is 4.90 Å². The lowest BCUT2D eigenvalue weighted by Gasteiger charge is -2.06. The number of rotatable bonds is 6. The van der Waals surface area contributed by atoms with Crippen molar-refractivity contribution in [1.82, 2.24) is 9.71 Å². The molecule has 3 aromatic rings. The molecule has 1 aromatic heterocycles. The minimum atomic E-state index is -3.49. The van der Waals surface area contributed by atoms with Crippen LogP contribution in [-0.4, -0.2) is 19.9 Å². The number of hydrogen-bond donors (Lipinski definition) is 1. The second kappa shape index (κ2) is 7.66. The summed E-state index contributed by atoms with van der Waals surface area (Å²) < 4.78 is 27.1. The van der Waals surface area contributed by atoms with Crippen LogP contribution in [0.15, 0.2) is 58.8 Å². The first-order valence-electron chi connectivity index (χ1n) is 7.71. The first-order valence-corrected chi connectivity index (χ1v) is 10.4. The summed E-state index contributed by atoms with van der Waals surface area (Å²) >= 11 is 7.43. The van der Waals surface area contributed by atoms with Crippen molar-refractivity contribution in [2.45, 2.75) is 18.2 Å². The molecule has 1 N–H and O–H groups in total. The molecule has 0 aliphatic carbocycles. The zero-order chi connectivity index (χ0) is 17.9. The van der Waals surface area contributed by atoms with Gasteiger partial charge in [0.25, 0.3) is 0 Å². The second-order valence-corrected chi connectivity index (χ2v) is 8.67. The molecule has 3 rings (SSSR count). The molecule has 0 bridgehead atoms. The van der Waals surface area contributed by atoms with Crippen molar-refractivity contribution < 1.29 is 8.42 Å². The molecule has 2 aromatic carbocycles. The summed E-state index contributed by atoms with van der Waals surface area (Å²) in [7, 11) is -3.49. The first-order chi connectivity index (χ1) is 11.9. The Balaban J connectivity index is 1.61. The molecule has 0 spiro atoms. The van der Waals surface area contributed by atoms with Crippen LogP contribution >= 0.6 is 22.9 Å². The summed E-state index contributed by atoms with van der Waals surface area (Å²) in [6.07, 6.45) is 0.537. The van der Waals surface area contributed by atoms with E-state index in [1.54, 1.807) is 24.3 Å². The average molecular weight is 393 g/mol. The number of aromatic nitrogens is 1. The van der Waals surface area contributed by atoms with Crippen LogP contribution in [0.2, 0.25) is 5.02 Å². The molecule has 4 nitrogen and oxygen atoms in total. The fraction of sp³-hybridized carbons (Fsp3) is 0.167. The van der Waals surface area contributed by atoms with Crippen molar-refractivity contribution in [1.29, 1.82) is 0 Å². The maximum atomic E-state index is 12.3. The topological polar surface area (TPSA) is 59.1 Å². The summed E-state index contributed by atoms with van der Waals surface area (Å²) in [5, 5.41) is 3.53. The third-order valence-electron chi connectivity index (χ3n) is 3.65. The summed E-state index contributed by atoms with van der Waals surface area (Å²) in [6.45, 7) is 2.23. The van der Waals surface area contributed by atoms with Gasteiger partial charge in [-0.2, -0.15) is 0 Å². The van der Waals surface area contributed by atoms with Gasteiger partial charge in [-0.3, -0.25) is 0 Å². The van der Waals surface area contributed by atoms with Gasteiger partial charge in [-0.25, -0.2) is 18.1 Å². The monoisotopic (exact) mass is 392 g/mol. The second-order valence-electron chi connectivity index (χ2n) is 5.61. The number of halogens is 1. The van der Waals surface area contributed by atoms with E-state index >= 15 is 0 Å². The van der Waals surface area contributed by atoms with E-state index in [2.05, 4.69) is 9.71 Å². The minimum Gasteiger partial charge on any atom is -0.241 e. The number of thiazole rings is 1. The van der Waals surface area contributed by atoms with Gasteiger partial charge >= 0.3 is 0 Å². The molecule has 25 heavy (non-hydrogen) atoms. The van der Waals surface area contributed by atoms with Gasteiger partial charge in [-0.05, 0) is 31.2 Å². The smallest absolute Gasteiger partial charge is 0.240 e. The third kappa shape index (κ3) is 4.67. The van der Waals surface area contributed by atoms with E-state index in [4.69, 9.17) is 11.6 Å². The standard InChI is InChI=1S/C18H17ClN2O2S2/c1-13-2-8-17(9-3-13)25(22,23)20-11-10-16-12-24-18(21-16)14-4-6-15(19)7-5-14/h2-9,12,20H,10-11H2,1H3. The van der Waals surface area contributed by atoms with Crippen molar-refractivity contribution in [2.75, 3.05) is 6.54 Å². The fourth-order valence-corrected chi connectivity index (χ4v) is 4.28. The van der Waals surface area contributed by atoms with E-state index in [0.29, 0.717) is 18.0 Å². The Bertz CT molecular complexity index is 950. The van der Waals surface area contributed by atoms with Crippen molar-refractivity contribution >= 4 is 33.0 Å². The highest BCUT2D eigenvalue weighted by atomic mass is 35.5. The summed E-state index contributed by atoms with van der Waals surface area (Å²) in [4.78, 5) is 4.83. The van der Waals surface area contributed by atoms with Gasteiger partial charge in [-0.1, -0.05) is 41.4 Å². The lowest BCUT2D eigenvalue weighted by Crippen LogP contribution is -2.26. The molecule has 0 amide bonds. The molecule has 7 heteroatoms. The van der Waals surface area contributed by atoms with E-state index in [9.17, 15) is 8.42 Å². The largest absolute Gasteiger partial charge is 0.241 e. The highest BCUT2D eigenvalue weighted by Gasteiger charge is 2.13. The van der Waals surface area contributed by atoms with Crippen molar-refractivity contribution in [3.05, 3.63) is 70.2 Å². The Labute approximate surface area is 156 Å². The molecule has 0 fully saturated rings. The molecule has 0 radical (unpaired) electrons. The molecule has 0 saturated carbocycles. The summed E-state index contributed by atoms with van der Waals surface area (Å²) in [6, 6.07) is 14.3. The van der Waals surface area contributed by atoms with E-state index in [1.165, 1.54) is 11.3 Å². The van der Waals surface area contributed by atoms with Gasteiger partial charge in [0, 0.05) is 28.9 Å². The van der Waals surface area contributed by atoms with Crippen LogP contribution in [0.3, 0.4) is 0 Å². The highest BCUT2D eigenvalue weighted by molar-refractivity contribution is 7.89. The first kappa shape index (κ1) is 18.1. The molecule has 130 valence electrons. The lowest BCUT2D eigenvalue weighted by atomic mass is 10.2. The predicted octanol–water partition coefficient (Wildman–Crippen LogP) is 4.29. The van der Waals surface area contributed by atoms with Crippen LogP contribution in [0.25, 0.3) is 10.6 Å². The van der Waals surface area contributed by atoms with Crippen LogP contribution in [0.4, 0.5) is 0 Å². The molecule has 0 aliphatic rings. The molecule has 0 saturated heterocycles. The van der Waals surface area contributed by atoms with Crippen LogP contribution in [0, 0.1) is 6.92 Å². The summed E-state index contributed by atoms with van der Waals surface area (Å²) in [5.41, 5.74) is 2.89. The average Bonchev–Trinajstić information content (AvgIpc) is 3.04. The van der Waals surface area contributed by atoms with Gasteiger partial charge in [-0.15, -0.1) is 11.3 Å². The van der Waals surface area contributed by atoms with Gasteiger partial charge in [0.15, 0.2) is 0 Å². The van der Waals surface area contributed by atoms with Crippen LogP contribution in [0.5, 0.6) is 0 Å². The Kier molecular flexibility index (Phi) is 5.54. The number of benzene rings is 2. The van der Waals surface area contributed by atoms with Crippen molar-refractivity contribution in [3.8, 4) is 10.6 Å². The van der Waals surface area contributed by atoms with E-state index in [0.717, 1.165) is 21.8 Å². The predicted molar refractivity (Wildman–Crippen MR) is 103 cm³/mol. The van der Waals surface area contributed by atoms with Crippen LogP contribution < -0.4 is 4.72 Å². The number of sulfonamides is 1. The minimum absolute atomic E-state index is 0.276. The van der Waals surface area contributed by atoms with Gasteiger partial charge in [0.2, 0.25) is 10.0 Å². The zero-order valence-electron chi connectivity index (χ0n) is 13.6. The molecule has 0 atom stereocenters. The third-order valence-corrected chi connectivity index (χ3v) is 6.32. The SMILES string of the molecule is Cc1ccc(S(=O)(=O)NCCc2csc(-c3ccc(Cl)cc3)n2)cc1. The number of aryl methyl sites for hydroxylation is 1. The molecule has 1 heterocycles. The molecule has 0 unspecified atom stereocenters. The lowest BCUT2D eigenvalue weighted by molar-refractivity contribution is 0.581. The van der Waals surface area contributed by atoms with Gasteiger partial charge < -0.3 is 0 Å². The molecular formula is C18H17ClN2O2S2. The van der Waals surface area contributed by atoms with Gasteiger partial charge in [0.1, 0.15) is 5.01 Å². The van der Waals surface area contributed by atoms with Gasteiger partial charge in [0.05, 0.1) is 10.6 Å². The maximum Gasteiger partial charge on any atom is 0.240 e. The quantitative estimate of drug-likeness (QED) is 0.680. The Morgan fingerprint density at radius 2 is 1.76 bits per heavy atom. The number of hydrogen-bond acceptors (Lipinski definition) is 4. The molecule has 0 aliphatic heterocycles. The highest BCUT2D eigenvalue weighted by Crippen LogP contribution is 2.25. The fourth-order valence-electron chi connectivity index (χ4n) is 2.26. The van der Waals surface area contributed by atoms with Crippen LogP contribution in [-0.2, 0) is 16.4 Å². The molecular weight excluding hydrogens is 376 g/mol. The summed E-state index contributed by atoms with van der Waals surface area (Å²) in [5.74, 6) is 0. The Hall–Kier alpha value is -1.73. The van der Waals surface area contributed by atoms with E-state index in [1.807, 2.05) is 36.6 Å². The van der Waals surface area contributed by atoms with Crippen LogP contribution in [0.1, 0.15) is 11.3 Å². The van der Waals surface area contributed by atoms with Crippen molar-refractivity contribution in [3.63, 3.8) is 0 Å². The normalized spacial score (nSPS) is 11.6. The van der Waals surface area contributed by atoms with E-state index < -0.39 is 10.0 Å². The Morgan fingerprint density at radius 1 is 1.08 bits per heavy atom.